The minimum Gasteiger partial charge on any atom is -0.317 e. The van der Waals surface area contributed by atoms with Crippen LogP contribution in [0.3, 0.4) is 0 Å². The molecule has 15 heavy (non-hydrogen) atoms. The molecule has 1 atom stereocenters. The summed E-state index contributed by atoms with van der Waals surface area (Å²) in [4.78, 5) is 1.51. The number of rotatable bonds is 7. The number of aromatic nitrogens is 4. The van der Waals surface area contributed by atoms with Gasteiger partial charge in [0.2, 0.25) is 0 Å². The van der Waals surface area contributed by atoms with Crippen LogP contribution in [-0.2, 0) is 13.5 Å². The maximum atomic E-state index is 4.17. The maximum absolute atomic E-state index is 4.17. The Kier molecular flexibility index (Phi) is 5.25. The smallest absolute Gasteiger partial charge is 0.175 e. The molecule has 0 saturated heterocycles. The van der Waals surface area contributed by atoms with Crippen LogP contribution in [0, 0.1) is 5.92 Å². The van der Waals surface area contributed by atoms with Crippen molar-refractivity contribution in [1.82, 2.24) is 25.5 Å². The number of nitrogens with zero attached hydrogens (tertiary/aromatic N) is 4. The van der Waals surface area contributed by atoms with Gasteiger partial charge < -0.3 is 5.32 Å². The number of hydrogen-bond donors (Lipinski definition) is 1. The highest BCUT2D eigenvalue weighted by Gasteiger charge is 2.07. The third-order valence-electron chi connectivity index (χ3n) is 2.32. The summed E-state index contributed by atoms with van der Waals surface area (Å²) in [6.07, 6.45) is 3.28. The van der Waals surface area contributed by atoms with Gasteiger partial charge >= 0.3 is 0 Å². The summed E-state index contributed by atoms with van der Waals surface area (Å²) in [7, 11) is 1.80. The molecule has 5 heteroatoms. The van der Waals surface area contributed by atoms with Gasteiger partial charge in [0.25, 0.3) is 0 Å². The second-order valence-electron chi connectivity index (χ2n) is 4.04. The molecule has 0 saturated carbocycles. The third-order valence-corrected chi connectivity index (χ3v) is 2.32. The van der Waals surface area contributed by atoms with Crippen LogP contribution in [0.15, 0.2) is 0 Å². The molecule has 1 rings (SSSR count). The lowest BCUT2D eigenvalue weighted by Gasteiger charge is -2.08. The molecule has 0 aromatic carbocycles. The Labute approximate surface area is 91.2 Å². The average molecular weight is 211 g/mol. The fraction of sp³-hybridized carbons (Fsp3) is 0.900. The van der Waals surface area contributed by atoms with E-state index in [9.17, 15) is 0 Å². The number of hydrogen-bond acceptors (Lipinski definition) is 4. The van der Waals surface area contributed by atoms with Gasteiger partial charge in [0.05, 0.1) is 7.05 Å². The summed E-state index contributed by atoms with van der Waals surface area (Å²) in [6.45, 7) is 6.59. The van der Waals surface area contributed by atoms with Crippen LogP contribution in [0.25, 0.3) is 0 Å². The fourth-order valence-electron chi connectivity index (χ4n) is 1.47. The molecular weight excluding hydrogens is 190 g/mol. The fourth-order valence-corrected chi connectivity index (χ4v) is 1.47. The summed E-state index contributed by atoms with van der Waals surface area (Å²) in [6, 6.07) is 0. The monoisotopic (exact) mass is 211 g/mol. The van der Waals surface area contributed by atoms with Crippen molar-refractivity contribution in [3.05, 3.63) is 5.82 Å². The van der Waals surface area contributed by atoms with E-state index >= 15 is 0 Å². The molecule has 1 unspecified atom stereocenters. The topological polar surface area (TPSA) is 55.6 Å². The van der Waals surface area contributed by atoms with Gasteiger partial charge in [-0.25, -0.2) is 0 Å². The predicted octanol–water partition coefficient (Wildman–Crippen LogP) is 0.778. The minimum absolute atomic E-state index is 0.610. The van der Waals surface area contributed by atoms with Gasteiger partial charge in [-0.15, -0.1) is 10.2 Å². The molecule has 0 spiro atoms. The SMILES string of the molecule is CCCNCCC(C)Cc1nnn(C)n1. The first kappa shape index (κ1) is 12.1. The zero-order chi connectivity index (χ0) is 11.1. The van der Waals surface area contributed by atoms with Gasteiger partial charge in [0.1, 0.15) is 0 Å². The van der Waals surface area contributed by atoms with Crippen molar-refractivity contribution in [2.45, 2.75) is 33.1 Å². The van der Waals surface area contributed by atoms with Crippen LogP contribution in [0.2, 0.25) is 0 Å². The molecule has 0 fully saturated rings. The van der Waals surface area contributed by atoms with Crippen molar-refractivity contribution in [3.63, 3.8) is 0 Å². The van der Waals surface area contributed by atoms with Crippen molar-refractivity contribution in [3.8, 4) is 0 Å². The highest BCUT2D eigenvalue weighted by atomic mass is 15.6. The molecule has 86 valence electrons. The van der Waals surface area contributed by atoms with Crippen LogP contribution in [-0.4, -0.2) is 33.3 Å². The maximum Gasteiger partial charge on any atom is 0.175 e. The number of nitrogens with one attached hydrogen (secondary N) is 1. The molecule has 5 nitrogen and oxygen atoms in total. The molecule has 0 bridgehead atoms. The summed E-state index contributed by atoms with van der Waals surface area (Å²) in [5, 5.41) is 15.4. The molecule has 1 heterocycles. The van der Waals surface area contributed by atoms with Crippen molar-refractivity contribution in [2.75, 3.05) is 13.1 Å². The molecular formula is C10H21N5. The van der Waals surface area contributed by atoms with Gasteiger partial charge in [0.15, 0.2) is 5.82 Å². The molecule has 0 radical (unpaired) electrons. The molecule has 1 N–H and O–H groups in total. The summed E-state index contributed by atoms with van der Waals surface area (Å²) < 4.78 is 0. The Morgan fingerprint density at radius 2 is 2.20 bits per heavy atom. The van der Waals surface area contributed by atoms with E-state index in [-0.39, 0.29) is 0 Å². The highest BCUT2D eigenvalue weighted by Crippen LogP contribution is 2.06. The highest BCUT2D eigenvalue weighted by molar-refractivity contribution is 4.79. The van der Waals surface area contributed by atoms with Crippen molar-refractivity contribution in [1.29, 1.82) is 0 Å². The summed E-state index contributed by atoms with van der Waals surface area (Å²) in [5.74, 6) is 1.46. The van der Waals surface area contributed by atoms with E-state index in [4.69, 9.17) is 0 Å². The normalized spacial score (nSPS) is 13.0. The lowest BCUT2D eigenvalue weighted by Crippen LogP contribution is -2.19. The Morgan fingerprint density at radius 3 is 2.80 bits per heavy atom. The van der Waals surface area contributed by atoms with Crippen molar-refractivity contribution in [2.24, 2.45) is 13.0 Å². The number of aryl methyl sites for hydroxylation is 1. The van der Waals surface area contributed by atoms with E-state index in [1.54, 1.807) is 7.05 Å². The van der Waals surface area contributed by atoms with Gasteiger partial charge in [-0.2, -0.15) is 4.80 Å². The molecule has 0 aliphatic carbocycles. The standard InChI is InChI=1S/C10H21N5/c1-4-6-11-7-5-9(2)8-10-12-14-15(3)13-10/h9,11H,4-8H2,1-3H3. The van der Waals surface area contributed by atoms with Crippen LogP contribution < -0.4 is 5.32 Å². The molecule has 0 aliphatic heterocycles. The molecule has 1 aromatic heterocycles. The Morgan fingerprint density at radius 1 is 1.40 bits per heavy atom. The quantitative estimate of drug-likeness (QED) is 0.677. The van der Waals surface area contributed by atoms with Crippen molar-refractivity contribution < 1.29 is 0 Å². The lowest BCUT2D eigenvalue weighted by molar-refractivity contribution is 0.487. The average Bonchev–Trinajstić information content (AvgIpc) is 2.59. The lowest BCUT2D eigenvalue weighted by atomic mass is 10.0. The Hall–Kier alpha value is -0.970. The molecule has 0 aliphatic rings. The molecule has 1 aromatic rings. The second kappa shape index (κ2) is 6.50. The summed E-state index contributed by atoms with van der Waals surface area (Å²) >= 11 is 0. The summed E-state index contributed by atoms with van der Waals surface area (Å²) in [5.41, 5.74) is 0. The first-order chi connectivity index (χ1) is 7.22. The number of tetrazole rings is 1. The van der Waals surface area contributed by atoms with Crippen LogP contribution >= 0.6 is 0 Å². The van der Waals surface area contributed by atoms with Gasteiger partial charge in [-0.3, -0.25) is 0 Å². The van der Waals surface area contributed by atoms with Gasteiger partial charge in [-0.1, -0.05) is 13.8 Å². The Bertz CT molecular complexity index is 271. The zero-order valence-corrected chi connectivity index (χ0v) is 9.90. The van der Waals surface area contributed by atoms with Crippen LogP contribution in [0.1, 0.15) is 32.5 Å². The van der Waals surface area contributed by atoms with Gasteiger partial charge in [0, 0.05) is 6.42 Å². The second-order valence-corrected chi connectivity index (χ2v) is 4.04. The predicted molar refractivity (Wildman–Crippen MR) is 59.4 cm³/mol. The van der Waals surface area contributed by atoms with E-state index in [2.05, 4.69) is 34.6 Å². The van der Waals surface area contributed by atoms with E-state index in [1.165, 1.54) is 11.2 Å². The van der Waals surface area contributed by atoms with Crippen LogP contribution in [0.4, 0.5) is 0 Å². The minimum atomic E-state index is 0.610. The van der Waals surface area contributed by atoms with Crippen molar-refractivity contribution >= 4 is 0 Å². The Balaban J connectivity index is 2.15. The third kappa shape index (κ3) is 4.88. The van der Waals surface area contributed by atoms with E-state index < -0.39 is 0 Å². The zero-order valence-electron chi connectivity index (χ0n) is 9.90. The largest absolute Gasteiger partial charge is 0.317 e. The first-order valence-corrected chi connectivity index (χ1v) is 5.66. The van der Waals surface area contributed by atoms with E-state index in [1.807, 2.05) is 0 Å². The van der Waals surface area contributed by atoms with E-state index in [0.29, 0.717) is 5.92 Å². The molecule has 0 amide bonds. The van der Waals surface area contributed by atoms with E-state index in [0.717, 1.165) is 31.8 Å². The van der Waals surface area contributed by atoms with Crippen LogP contribution in [0.5, 0.6) is 0 Å². The first-order valence-electron chi connectivity index (χ1n) is 5.66. The van der Waals surface area contributed by atoms with Gasteiger partial charge in [-0.05, 0) is 37.1 Å².